The normalized spacial score (nSPS) is 14.8. The molecule has 1 atom stereocenters. The summed E-state index contributed by atoms with van der Waals surface area (Å²) < 4.78 is 6.04. The van der Waals surface area contributed by atoms with E-state index >= 15 is 0 Å². The van der Waals surface area contributed by atoms with E-state index in [4.69, 9.17) is 37.8 Å². The molecule has 0 bridgehead atoms. The number of hydrogen-bond acceptors (Lipinski definition) is 8. The number of aliphatic hydroxyl groups excluding tert-OH is 1. The van der Waals surface area contributed by atoms with Crippen LogP contribution in [0.5, 0.6) is 11.5 Å². The minimum absolute atomic E-state index is 0.0196. The van der Waals surface area contributed by atoms with Gasteiger partial charge in [-0.3, -0.25) is 4.79 Å². The summed E-state index contributed by atoms with van der Waals surface area (Å²) in [7, 11) is 1.55. The number of halogens is 2. The van der Waals surface area contributed by atoms with Gasteiger partial charge < -0.3 is 40.6 Å². The zero-order valence-corrected chi connectivity index (χ0v) is 19.5. The van der Waals surface area contributed by atoms with Crippen molar-refractivity contribution in [2.45, 2.75) is 19.3 Å². The van der Waals surface area contributed by atoms with Crippen molar-refractivity contribution in [3.8, 4) is 11.5 Å². The minimum atomic E-state index is -0.766. The Balaban J connectivity index is 0.00000187. The predicted molar refractivity (Wildman–Crippen MR) is 126 cm³/mol. The van der Waals surface area contributed by atoms with Gasteiger partial charge in [0.1, 0.15) is 29.8 Å². The lowest BCUT2D eigenvalue weighted by atomic mass is 10.2. The third-order valence-electron chi connectivity index (χ3n) is 4.52. The van der Waals surface area contributed by atoms with Crippen LogP contribution in [0.2, 0.25) is 10.0 Å². The Morgan fingerprint density at radius 1 is 1.18 bits per heavy atom. The van der Waals surface area contributed by atoms with Crippen LogP contribution < -0.4 is 20.7 Å². The van der Waals surface area contributed by atoms with E-state index in [9.17, 15) is 9.90 Å². The fourth-order valence-corrected chi connectivity index (χ4v) is 3.45. The van der Waals surface area contributed by atoms with Crippen LogP contribution in [0.4, 0.5) is 0 Å². The van der Waals surface area contributed by atoms with E-state index in [-0.39, 0.29) is 18.3 Å². The molecule has 3 rings (SSSR count). The number of hydrogen-bond donors (Lipinski definition) is 5. The molecule has 0 aliphatic carbocycles. The van der Waals surface area contributed by atoms with E-state index in [2.05, 4.69) is 16.0 Å². The number of rotatable bonds is 9. The number of ether oxygens (including phenoxy) is 1. The minimum Gasteiger partial charge on any atom is -0.508 e. The number of carbonyl (C=O) groups is 2. The molecular weight excluding hydrogens is 471 g/mol. The van der Waals surface area contributed by atoms with Crippen LogP contribution >= 0.6 is 23.2 Å². The second-order valence-electron chi connectivity index (χ2n) is 6.82. The Bertz CT molecular complexity index is 952. The molecule has 1 aliphatic rings. The lowest BCUT2D eigenvalue weighted by Gasteiger charge is -2.28. The number of nitrogens with zero attached hydrogens (tertiary/aromatic N) is 1. The second kappa shape index (κ2) is 12.8. The predicted octanol–water partition coefficient (Wildman–Crippen LogP) is 2.17. The number of phenols is 1. The molecule has 1 heterocycles. The van der Waals surface area contributed by atoms with Crippen molar-refractivity contribution >= 4 is 35.9 Å². The van der Waals surface area contributed by atoms with E-state index in [1.54, 1.807) is 30.1 Å². The van der Waals surface area contributed by atoms with Gasteiger partial charge in [0.15, 0.2) is 0 Å². The number of likely N-dealkylation sites (N-methyl/N-ethyl adjacent to an activating group) is 1. The van der Waals surface area contributed by atoms with Crippen molar-refractivity contribution in [1.29, 1.82) is 0 Å². The number of aromatic hydroxyl groups is 1. The summed E-state index contributed by atoms with van der Waals surface area (Å²) >= 11 is 12.0. The van der Waals surface area contributed by atoms with Crippen LogP contribution in [0.15, 0.2) is 54.0 Å². The molecular formula is C22H26Cl2N4O5. The zero-order chi connectivity index (χ0) is 24.4. The molecule has 2 aromatic carbocycles. The van der Waals surface area contributed by atoms with Crippen molar-refractivity contribution in [2.24, 2.45) is 0 Å². The van der Waals surface area contributed by atoms with Gasteiger partial charge in [0.05, 0.1) is 0 Å². The summed E-state index contributed by atoms with van der Waals surface area (Å²) in [6.45, 7) is 2.82. The number of benzene rings is 2. The molecule has 0 radical (unpaired) electrons. The van der Waals surface area contributed by atoms with E-state index in [0.717, 1.165) is 5.56 Å². The molecule has 178 valence electrons. The molecule has 0 saturated heterocycles. The number of phenolic OH excluding ortho intramolecular Hbond substituents is 1. The van der Waals surface area contributed by atoms with Crippen molar-refractivity contribution in [3.05, 3.63) is 69.6 Å². The zero-order valence-electron chi connectivity index (χ0n) is 18.0. The fraction of sp³-hybridized carbons (Fsp3) is 0.273. The van der Waals surface area contributed by atoms with Crippen molar-refractivity contribution in [2.75, 3.05) is 20.2 Å². The number of amides is 1. The highest BCUT2D eigenvalue weighted by Crippen LogP contribution is 2.29. The Kier molecular flexibility index (Phi) is 10.1. The Morgan fingerprint density at radius 2 is 1.88 bits per heavy atom. The fourth-order valence-electron chi connectivity index (χ4n) is 3.11. The highest BCUT2D eigenvalue weighted by molar-refractivity contribution is 6.31. The first-order chi connectivity index (χ1) is 15.9. The monoisotopic (exact) mass is 496 g/mol. The molecule has 0 fully saturated rings. The van der Waals surface area contributed by atoms with Crippen LogP contribution in [0.3, 0.4) is 0 Å². The van der Waals surface area contributed by atoms with Gasteiger partial charge in [-0.2, -0.15) is 0 Å². The molecule has 11 heteroatoms. The highest BCUT2D eigenvalue weighted by atomic mass is 35.5. The smallest absolute Gasteiger partial charge is 0.271 e. The van der Waals surface area contributed by atoms with E-state index in [1.807, 2.05) is 18.9 Å². The summed E-state index contributed by atoms with van der Waals surface area (Å²) in [5.41, 5.74) is 1.26. The Labute approximate surface area is 201 Å². The van der Waals surface area contributed by atoms with Crippen molar-refractivity contribution in [1.82, 2.24) is 20.9 Å². The Morgan fingerprint density at radius 3 is 2.48 bits per heavy atom. The lowest BCUT2D eigenvalue weighted by Crippen LogP contribution is -2.44. The molecule has 9 nitrogen and oxygen atoms in total. The number of nitrogens with one attached hydrogen (secondary N) is 3. The lowest BCUT2D eigenvalue weighted by molar-refractivity contribution is -0.119. The number of carbonyl (C=O) groups excluding carboxylic acids is 2. The van der Waals surface area contributed by atoms with Gasteiger partial charge in [-0.1, -0.05) is 35.3 Å². The summed E-state index contributed by atoms with van der Waals surface area (Å²) in [5.74, 6) is 0.452. The van der Waals surface area contributed by atoms with Crippen LogP contribution in [-0.4, -0.2) is 54.4 Å². The van der Waals surface area contributed by atoms with Gasteiger partial charge in [-0.25, -0.2) is 0 Å². The molecule has 1 amide bonds. The van der Waals surface area contributed by atoms with Gasteiger partial charge in [0.2, 0.25) is 0 Å². The van der Waals surface area contributed by atoms with Gasteiger partial charge >= 0.3 is 0 Å². The van der Waals surface area contributed by atoms with Crippen molar-refractivity contribution in [3.63, 3.8) is 0 Å². The summed E-state index contributed by atoms with van der Waals surface area (Å²) in [6, 6.07) is 11.7. The quantitative estimate of drug-likeness (QED) is 0.334. The van der Waals surface area contributed by atoms with E-state index in [1.165, 1.54) is 12.1 Å². The highest BCUT2D eigenvalue weighted by Gasteiger charge is 2.36. The molecule has 5 N–H and O–H groups in total. The average Bonchev–Trinajstić information content (AvgIpc) is 3.12. The first-order valence-corrected chi connectivity index (χ1v) is 10.7. The SMILES string of the molecule is C=O.CNC(=O)C1=C(NCCCO)NC(Oc2cc(O)cc(Cl)c2)N1Cc1ccc(Cl)cc1. The third kappa shape index (κ3) is 7.18. The molecule has 0 aromatic heterocycles. The molecule has 0 spiro atoms. The molecule has 0 saturated carbocycles. The van der Waals surface area contributed by atoms with Crippen LogP contribution in [-0.2, 0) is 16.1 Å². The first kappa shape index (κ1) is 26.1. The maximum absolute atomic E-state index is 12.7. The van der Waals surface area contributed by atoms with Crippen LogP contribution in [0, 0.1) is 0 Å². The van der Waals surface area contributed by atoms with Gasteiger partial charge in [-0.15, -0.1) is 0 Å². The number of aliphatic hydroxyl groups is 1. The topological polar surface area (TPSA) is 123 Å². The summed E-state index contributed by atoms with van der Waals surface area (Å²) in [5, 5.41) is 28.8. The van der Waals surface area contributed by atoms with Gasteiger partial charge in [0, 0.05) is 42.9 Å². The third-order valence-corrected chi connectivity index (χ3v) is 4.99. The van der Waals surface area contributed by atoms with Gasteiger partial charge in [-0.05, 0) is 36.2 Å². The van der Waals surface area contributed by atoms with E-state index < -0.39 is 6.35 Å². The van der Waals surface area contributed by atoms with Gasteiger partial charge in [0.25, 0.3) is 12.3 Å². The van der Waals surface area contributed by atoms with E-state index in [0.29, 0.717) is 46.8 Å². The maximum Gasteiger partial charge on any atom is 0.271 e. The average molecular weight is 497 g/mol. The van der Waals surface area contributed by atoms with Crippen LogP contribution in [0.1, 0.15) is 12.0 Å². The molecule has 1 aliphatic heterocycles. The second-order valence-corrected chi connectivity index (χ2v) is 7.69. The van der Waals surface area contributed by atoms with Crippen molar-refractivity contribution < 1.29 is 24.5 Å². The van der Waals surface area contributed by atoms with Crippen LogP contribution in [0.25, 0.3) is 0 Å². The Hall–Kier alpha value is -3.14. The summed E-state index contributed by atoms with van der Waals surface area (Å²) in [6.07, 6.45) is -0.255. The molecule has 33 heavy (non-hydrogen) atoms. The largest absolute Gasteiger partial charge is 0.508 e. The molecule has 1 unspecified atom stereocenters. The maximum atomic E-state index is 12.7. The molecule has 2 aromatic rings. The first-order valence-electron chi connectivity index (χ1n) is 9.95. The standard InChI is InChI=1S/C21H24Cl2N4O4.CH2O/c1-24-20(30)18-19(25-7-2-8-28)26-21(31-17-10-15(23)9-16(29)11-17)27(18)12-13-3-5-14(22)6-4-13;1-2/h3-6,9-11,21,25-26,28-29H,2,7-8,12H2,1H3,(H,24,30);1H2. The summed E-state index contributed by atoms with van der Waals surface area (Å²) in [4.78, 5) is 22.5.